The van der Waals surface area contributed by atoms with Gasteiger partial charge in [0.05, 0.1) is 12.1 Å². The van der Waals surface area contributed by atoms with Gasteiger partial charge in [-0.25, -0.2) is 0 Å². The van der Waals surface area contributed by atoms with Crippen LogP contribution in [0.1, 0.15) is 43.2 Å². The van der Waals surface area contributed by atoms with Gasteiger partial charge in [0.25, 0.3) is 0 Å². The summed E-state index contributed by atoms with van der Waals surface area (Å²) in [6.07, 6.45) is 2.55. The molecule has 0 fully saturated rings. The predicted octanol–water partition coefficient (Wildman–Crippen LogP) is 3.52. The molecule has 2 nitrogen and oxygen atoms in total. The molecule has 92 valence electrons. The largest absolute Gasteiger partial charge is 0.377 e. The molecule has 0 aliphatic heterocycles. The molecule has 0 aliphatic carbocycles. The van der Waals surface area contributed by atoms with Crippen LogP contribution in [0.3, 0.4) is 0 Å². The first-order valence-electron chi connectivity index (χ1n) is 6.06. The van der Waals surface area contributed by atoms with Gasteiger partial charge in [0, 0.05) is 11.5 Å². The molecule has 2 unspecified atom stereocenters. The van der Waals surface area contributed by atoms with E-state index in [1.54, 1.807) is 11.3 Å². The van der Waals surface area contributed by atoms with E-state index in [1.165, 1.54) is 10.4 Å². The normalized spacial score (nSPS) is 15.0. The van der Waals surface area contributed by atoms with Gasteiger partial charge in [-0.2, -0.15) is 0 Å². The molecular weight excluding hydrogens is 218 g/mol. The fourth-order valence-electron chi connectivity index (χ4n) is 2.04. The lowest BCUT2D eigenvalue weighted by atomic mass is 10.0. The maximum Gasteiger partial charge on any atom is 0.0769 e. The molecule has 0 aromatic carbocycles. The van der Waals surface area contributed by atoms with Crippen LogP contribution in [0.5, 0.6) is 0 Å². The highest BCUT2D eigenvalue weighted by Gasteiger charge is 2.21. The molecule has 2 atom stereocenters. The lowest BCUT2D eigenvalue weighted by Crippen LogP contribution is -2.31. The third-order valence-corrected chi connectivity index (χ3v) is 3.63. The maximum atomic E-state index is 5.84. The van der Waals surface area contributed by atoms with E-state index in [9.17, 15) is 0 Å². The number of likely N-dealkylation sites (N-methyl/N-ethyl adjacent to an activating group) is 1. The minimum Gasteiger partial charge on any atom is -0.377 e. The van der Waals surface area contributed by atoms with Crippen molar-refractivity contribution in [1.82, 2.24) is 5.32 Å². The van der Waals surface area contributed by atoms with Crippen molar-refractivity contribution in [3.63, 3.8) is 0 Å². The van der Waals surface area contributed by atoms with E-state index in [0.717, 1.165) is 19.4 Å². The van der Waals surface area contributed by atoms with Crippen LogP contribution in [-0.2, 0) is 4.74 Å². The summed E-state index contributed by atoms with van der Waals surface area (Å²) in [5, 5.41) is 5.62. The third-order valence-electron chi connectivity index (χ3n) is 2.75. The van der Waals surface area contributed by atoms with E-state index in [0.29, 0.717) is 6.04 Å². The molecule has 0 radical (unpaired) electrons. The Balaban J connectivity index is 2.76. The Morgan fingerprint density at radius 3 is 2.62 bits per heavy atom. The van der Waals surface area contributed by atoms with Gasteiger partial charge in [0.1, 0.15) is 0 Å². The number of thiophene rings is 1. The molecule has 0 amide bonds. The van der Waals surface area contributed by atoms with Gasteiger partial charge in [0.2, 0.25) is 0 Å². The lowest BCUT2D eigenvalue weighted by Gasteiger charge is -2.26. The second kappa shape index (κ2) is 7.05. The van der Waals surface area contributed by atoms with E-state index in [1.807, 2.05) is 7.05 Å². The summed E-state index contributed by atoms with van der Waals surface area (Å²) in [5.41, 5.74) is 1.36. The molecule has 0 aliphatic rings. The Morgan fingerprint density at radius 1 is 1.44 bits per heavy atom. The van der Waals surface area contributed by atoms with E-state index < -0.39 is 0 Å². The van der Waals surface area contributed by atoms with E-state index in [2.05, 4.69) is 37.5 Å². The SMILES string of the molecule is CCCC(OCC)C(NC)c1csc(C)c1. The van der Waals surface area contributed by atoms with Crippen molar-refractivity contribution in [2.24, 2.45) is 0 Å². The highest BCUT2D eigenvalue weighted by Crippen LogP contribution is 2.26. The van der Waals surface area contributed by atoms with Gasteiger partial charge in [-0.15, -0.1) is 11.3 Å². The Hall–Kier alpha value is -0.380. The van der Waals surface area contributed by atoms with Gasteiger partial charge in [-0.3, -0.25) is 0 Å². The summed E-state index contributed by atoms with van der Waals surface area (Å²) >= 11 is 1.81. The van der Waals surface area contributed by atoms with Crippen molar-refractivity contribution in [3.05, 3.63) is 21.9 Å². The minimum atomic E-state index is 0.286. The first-order chi connectivity index (χ1) is 7.72. The number of ether oxygens (including phenoxy) is 1. The Bertz CT molecular complexity index is 292. The van der Waals surface area contributed by atoms with E-state index in [-0.39, 0.29) is 6.10 Å². The Morgan fingerprint density at radius 2 is 2.19 bits per heavy atom. The number of nitrogens with one attached hydrogen (secondary N) is 1. The van der Waals surface area contributed by atoms with Crippen LogP contribution in [0.2, 0.25) is 0 Å². The van der Waals surface area contributed by atoms with Crippen LogP contribution in [-0.4, -0.2) is 19.8 Å². The lowest BCUT2D eigenvalue weighted by molar-refractivity contribution is 0.0296. The highest BCUT2D eigenvalue weighted by molar-refractivity contribution is 7.10. The molecule has 1 rings (SSSR count). The second-order valence-corrected chi connectivity index (χ2v) is 5.15. The van der Waals surface area contributed by atoms with Crippen LogP contribution in [0.15, 0.2) is 11.4 Å². The van der Waals surface area contributed by atoms with Crippen LogP contribution < -0.4 is 5.32 Å². The molecule has 0 saturated carbocycles. The quantitative estimate of drug-likeness (QED) is 0.788. The molecule has 16 heavy (non-hydrogen) atoms. The summed E-state index contributed by atoms with van der Waals surface area (Å²) in [6, 6.07) is 2.58. The molecule has 1 aromatic heterocycles. The molecule has 0 saturated heterocycles. The van der Waals surface area contributed by atoms with Crippen LogP contribution in [0, 0.1) is 6.92 Å². The first-order valence-corrected chi connectivity index (χ1v) is 6.94. The van der Waals surface area contributed by atoms with Crippen LogP contribution >= 0.6 is 11.3 Å². The van der Waals surface area contributed by atoms with Crippen LogP contribution in [0.25, 0.3) is 0 Å². The number of hydrogen-bond acceptors (Lipinski definition) is 3. The number of aryl methyl sites for hydroxylation is 1. The van der Waals surface area contributed by atoms with Gasteiger partial charge < -0.3 is 10.1 Å². The van der Waals surface area contributed by atoms with Gasteiger partial charge in [-0.05, 0) is 44.3 Å². The van der Waals surface area contributed by atoms with E-state index >= 15 is 0 Å². The van der Waals surface area contributed by atoms with Gasteiger partial charge in [-0.1, -0.05) is 13.3 Å². The molecule has 0 bridgehead atoms. The van der Waals surface area contributed by atoms with Crippen molar-refractivity contribution in [3.8, 4) is 0 Å². The zero-order valence-corrected chi connectivity index (χ0v) is 11.6. The minimum absolute atomic E-state index is 0.286. The molecular formula is C13H23NOS. The summed E-state index contributed by atoms with van der Waals surface area (Å²) in [6.45, 7) is 7.20. The van der Waals surface area contributed by atoms with Crippen molar-refractivity contribution in [1.29, 1.82) is 0 Å². The summed E-state index contributed by atoms with van der Waals surface area (Å²) in [7, 11) is 2.01. The summed E-state index contributed by atoms with van der Waals surface area (Å²) < 4.78 is 5.84. The molecule has 1 N–H and O–H groups in total. The van der Waals surface area contributed by atoms with E-state index in [4.69, 9.17) is 4.74 Å². The summed E-state index contributed by atoms with van der Waals surface area (Å²) in [4.78, 5) is 1.36. The smallest absolute Gasteiger partial charge is 0.0769 e. The number of rotatable bonds is 7. The molecule has 1 heterocycles. The predicted molar refractivity (Wildman–Crippen MR) is 71.2 cm³/mol. The van der Waals surface area contributed by atoms with Crippen molar-refractivity contribution >= 4 is 11.3 Å². The molecule has 1 aromatic rings. The Labute approximate surface area is 103 Å². The Kier molecular flexibility index (Phi) is 6.03. The molecule has 0 spiro atoms. The maximum absolute atomic E-state index is 5.84. The summed E-state index contributed by atoms with van der Waals surface area (Å²) in [5.74, 6) is 0. The third kappa shape index (κ3) is 3.58. The van der Waals surface area contributed by atoms with Gasteiger partial charge >= 0.3 is 0 Å². The zero-order chi connectivity index (χ0) is 12.0. The average molecular weight is 241 g/mol. The molecule has 3 heteroatoms. The van der Waals surface area contributed by atoms with Crippen molar-refractivity contribution in [2.75, 3.05) is 13.7 Å². The van der Waals surface area contributed by atoms with Crippen molar-refractivity contribution < 1.29 is 4.74 Å². The van der Waals surface area contributed by atoms with Crippen molar-refractivity contribution in [2.45, 2.75) is 45.8 Å². The standard InChI is InChI=1S/C13H23NOS/c1-5-7-12(15-6-2)13(14-4)11-8-10(3)16-9-11/h8-9,12-14H,5-7H2,1-4H3. The monoisotopic (exact) mass is 241 g/mol. The topological polar surface area (TPSA) is 21.3 Å². The second-order valence-electron chi connectivity index (χ2n) is 4.04. The highest BCUT2D eigenvalue weighted by atomic mass is 32.1. The fourth-order valence-corrected chi connectivity index (χ4v) is 2.78. The van der Waals surface area contributed by atoms with Crippen LogP contribution in [0.4, 0.5) is 0 Å². The van der Waals surface area contributed by atoms with Gasteiger partial charge in [0.15, 0.2) is 0 Å². The number of hydrogen-bond donors (Lipinski definition) is 1. The first kappa shape index (κ1) is 13.7. The average Bonchev–Trinajstić information content (AvgIpc) is 2.67. The fraction of sp³-hybridized carbons (Fsp3) is 0.692. The zero-order valence-electron chi connectivity index (χ0n) is 10.7.